The molecule has 235 valence electrons. The van der Waals surface area contributed by atoms with E-state index in [1.54, 1.807) is 13.8 Å². The summed E-state index contributed by atoms with van der Waals surface area (Å²) in [5.74, 6) is -3.16. The number of rotatable bonds is 6. The first-order chi connectivity index (χ1) is 18.3. The third-order valence-corrected chi connectivity index (χ3v) is 8.37. The van der Waals surface area contributed by atoms with Gasteiger partial charge in [-0.1, -0.05) is 12.1 Å². The average Bonchev–Trinajstić information content (AvgIpc) is 3.31. The number of aromatic hydroxyl groups is 1. The Labute approximate surface area is 291 Å². The number of nitrogens with one attached hydrogen (secondary N) is 1. The van der Waals surface area contributed by atoms with Gasteiger partial charge in [0, 0.05) is 56.1 Å². The summed E-state index contributed by atoms with van der Waals surface area (Å²) in [4.78, 5) is 60.5. The Morgan fingerprint density at radius 2 is 1.70 bits per heavy atom. The Hall–Kier alpha value is -2.30. The van der Waals surface area contributed by atoms with Crippen LogP contribution in [0.2, 0.25) is 0 Å². The molecular formula is C24H34KN4O13S. The molecule has 0 bridgehead atoms. The molecule has 4 fully saturated rings. The van der Waals surface area contributed by atoms with Crippen molar-refractivity contribution in [3.63, 3.8) is 0 Å². The van der Waals surface area contributed by atoms with Crippen LogP contribution < -0.4 is 11.1 Å². The van der Waals surface area contributed by atoms with Crippen LogP contribution in [-0.4, -0.2) is 169 Å². The molecule has 0 aliphatic carbocycles. The number of hydrogen-bond acceptors (Lipinski definition) is 10. The maximum absolute atomic E-state index is 12.3. The van der Waals surface area contributed by atoms with Crippen LogP contribution in [0, 0.1) is 0 Å². The van der Waals surface area contributed by atoms with Gasteiger partial charge in [0.15, 0.2) is 12.3 Å². The molecule has 0 spiro atoms. The van der Waals surface area contributed by atoms with E-state index in [9.17, 15) is 34.2 Å². The van der Waals surface area contributed by atoms with Gasteiger partial charge in [-0.2, -0.15) is 0 Å². The molecule has 6 atom stereocenters. The van der Waals surface area contributed by atoms with Crippen LogP contribution in [-0.2, 0) is 28.7 Å². The number of phenolic OH excluding ortho intramolecular Hbond substituents is 1. The second kappa shape index (κ2) is 15.6. The van der Waals surface area contributed by atoms with E-state index in [4.69, 9.17) is 20.7 Å². The van der Waals surface area contributed by atoms with E-state index >= 15 is 0 Å². The summed E-state index contributed by atoms with van der Waals surface area (Å²) in [5.41, 5.74) is 6.41. The standard InChI is InChI=1S/C16H19N3O5S.C8H9NO5.K.3H2O/c1-16(2)11(15(23)24)19-13(22)10(14(19)25-16)18-12(21)9(17)7-3-5-8(20)6-4-7;10-2-1-4-7(8(12)13)9-5(11)3-6(9)14-4;;;;/h3-6,9-11,14,20H,17H2,1-2H3,(H,18,21)(H,23,24);1,6-7,10H,2-3H2,(H,12,13);;3*1H2/b;4-1-;;;;/t9-,10-,11+,14-;6-,7-;;;;/m11..../s1. The van der Waals surface area contributed by atoms with Gasteiger partial charge in [-0.3, -0.25) is 19.3 Å². The van der Waals surface area contributed by atoms with E-state index in [2.05, 4.69) is 5.32 Å². The summed E-state index contributed by atoms with van der Waals surface area (Å²) in [6.07, 6.45) is 1.03. The number of nitrogens with zero attached hydrogens (tertiary/aromatic N) is 2. The summed E-state index contributed by atoms with van der Waals surface area (Å²) in [7, 11) is 0. The number of ether oxygens (including phenoxy) is 1. The van der Waals surface area contributed by atoms with Crippen molar-refractivity contribution < 1.29 is 65.6 Å². The molecule has 0 aromatic heterocycles. The topological polar surface area (TPSA) is 315 Å². The zero-order valence-corrected chi connectivity index (χ0v) is 27.3. The minimum Gasteiger partial charge on any atom is -0.508 e. The number of hydrogen-bond donors (Lipinski definition) is 6. The Balaban J connectivity index is 0.000000847. The molecule has 0 unspecified atom stereocenters. The third kappa shape index (κ3) is 7.68. The molecule has 4 heterocycles. The molecule has 1 aromatic carbocycles. The maximum Gasteiger partial charge on any atom is 0.334 e. The number of carboxylic acids is 2. The first kappa shape index (κ1) is 40.7. The molecule has 0 saturated carbocycles. The number of nitrogens with two attached hydrogens (primary N) is 1. The van der Waals surface area contributed by atoms with Crippen LogP contribution in [0.15, 0.2) is 36.1 Å². The van der Waals surface area contributed by atoms with Gasteiger partial charge in [-0.15, -0.1) is 11.8 Å². The van der Waals surface area contributed by atoms with Gasteiger partial charge in [-0.05, 0) is 37.6 Å². The zero-order valence-electron chi connectivity index (χ0n) is 23.4. The summed E-state index contributed by atoms with van der Waals surface area (Å²) in [6, 6.07) is 2.14. The quantitative estimate of drug-likeness (QED) is 0.126. The predicted molar refractivity (Wildman–Crippen MR) is 150 cm³/mol. The van der Waals surface area contributed by atoms with Crippen LogP contribution in [0.4, 0.5) is 0 Å². The number of β-lactam (4-membered cyclic amide) rings is 2. The smallest absolute Gasteiger partial charge is 0.334 e. The van der Waals surface area contributed by atoms with Crippen LogP contribution in [0.1, 0.15) is 31.9 Å². The SMILES string of the molecule is CC1(C)S[C@@H]2[C@H](NC(=O)[C@H](N)c3ccc(O)cc3)C(=O)N2[C@H]1C(=O)O.O.O.O.O=C(O)[C@H]1/C(=C/CO)O[C@@H]2CC(=O)N21.[K]. The van der Waals surface area contributed by atoms with Crippen LogP contribution in [0.25, 0.3) is 0 Å². The van der Waals surface area contributed by atoms with Crippen molar-refractivity contribution in [1.29, 1.82) is 0 Å². The third-order valence-electron chi connectivity index (χ3n) is 6.80. The second-order valence-electron chi connectivity index (χ2n) is 9.76. The van der Waals surface area contributed by atoms with E-state index in [0.29, 0.717) is 5.56 Å². The summed E-state index contributed by atoms with van der Waals surface area (Å²) in [6.45, 7) is 3.24. The van der Waals surface area contributed by atoms with Crippen molar-refractivity contribution in [3.05, 3.63) is 41.7 Å². The van der Waals surface area contributed by atoms with Gasteiger partial charge in [0.05, 0.1) is 13.0 Å². The Bertz CT molecular complexity index is 1250. The maximum atomic E-state index is 12.3. The molecule has 4 aliphatic heterocycles. The number of amides is 3. The normalized spacial score (nSPS) is 26.9. The average molecular weight is 658 g/mol. The van der Waals surface area contributed by atoms with Crippen LogP contribution in [0.3, 0.4) is 0 Å². The second-order valence-corrected chi connectivity index (χ2v) is 11.5. The van der Waals surface area contributed by atoms with Gasteiger partial charge in [0.25, 0.3) is 0 Å². The number of phenols is 1. The van der Waals surface area contributed by atoms with E-state index < -0.39 is 64.3 Å². The number of aliphatic hydroxyl groups is 1. The fourth-order valence-corrected chi connectivity index (χ4v) is 6.51. The van der Waals surface area contributed by atoms with Crippen molar-refractivity contribution >= 4 is 92.8 Å². The minimum absolute atomic E-state index is 0. The number of carboxylic acid groups (broad SMARTS) is 2. The largest absolute Gasteiger partial charge is 0.508 e. The molecule has 4 saturated heterocycles. The monoisotopic (exact) mass is 657 g/mol. The van der Waals surface area contributed by atoms with E-state index in [-0.39, 0.29) is 98.3 Å². The van der Waals surface area contributed by atoms with E-state index in [1.807, 2.05) is 0 Å². The Kier molecular flexibility index (Phi) is 14.8. The van der Waals surface area contributed by atoms with Gasteiger partial charge in [0.2, 0.25) is 17.7 Å². The number of aliphatic carboxylic acids is 2. The molecule has 19 heteroatoms. The molecule has 43 heavy (non-hydrogen) atoms. The van der Waals surface area contributed by atoms with Gasteiger partial charge >= 0.3 is 11.9 Å². The number of fused-ring (bicyclic) bond motifs is 2. The summed E-state index contributed by atoms with van der Waals surface area (Å²) < 4.78 is 4.52. The van der Waals surface area contributed by atoms with Crippen molar-refractivity contribution in [1.82, 2.24) is 15.1 Å². The first-order valence-electron chi connectivity index (χ1n) is 11.9. The van der Waals surface area contributed by atoms with Gasteiger partial charge < -0.3 is 57.5 Å². The number of carbonyl (C=O) groups excluding carboxylic acids is 3. The molecule has 4 aliphatic rings. The molecule has 1 radical (unpaired) electrons. The Morgan fingerprint density at radius 3 is 2.19 bits per heavy atom. The van der Waals surface area contributed by atoms with E-state index in [1.165, 1.54) is 51.9 Å². The predicted octanol–water partition coefficient (Wildman–Crippen LogP) is -3.93. The summed E-state index contributed by atoms with van der Waals surface area (Å²) in [5, 5.41) is 38.4. The fraction of sp³-hybridized carbons (Fsp3) is 0.458. The molecule has 5 rings (SSSR count). The van der Waals surface area contributed by atoms with Crippen LogP contribution >= 0.6 is 11.8 Å². The van der Waals surface area contributed by atoms with Crippen molar-refractivity contribution in [2.45, 2.75) is 60.8 Å². The van der Waals surface area contributed by atoms with Crippen molar-refractivity contribution in [2.75, 3.05) is 6.61 Å². The number of aliphatic hydroxyl groups excluding tert-OH is 1. The fourth-order valence-electron chi connectivity index (χ4n) is 4.88. The minimum atomic E-state index is -1.14. The molecular weight excluding hydrogens is 623 g/mol. The number of benzene rings is 1. The Morgan fingerprint density at radius 1 is 1.12 bits per heavy atom. The summed E-state index contributed by atoms with van der Waals surface area (Å²) >= 11 is 1.35. The van der Waals surface area contributed by atoms with E-state index in [0.717, 1.165) is 0 Å². The molecule has 13 N–H and O–H groups in total. The molecule has 1 aromatic rings. The first-order valence-corrected chi connectivity index (χ1v) is 12.8. The van der Waals surface area contributed by atoms with Gasteiger partial charge in [0.1, 0.15) is 35.0 Å². The number of thioether (sulfide) groups is 1. The van der Waals surface area contributed by atoms with Gasteiger partial charge in [-0.25, -0.2) is 9.59 Å². The van der Waals surface area contributed by atoms with Crippen molar-refractivity contribution in [3.8, 4) is 5.75 Å². The van der Waals surface area contributed by atoms with Crippen molar-refractivity contribution in [2.24, 2.45) is 5.73 Å². The van der Waals surface area contributed by atoms with Crippen LogP contribution in [0.5, 0.6) is 5.75 Å². The molecule has 17 nitrogen and oxygen atoms in total. The number of carbonyl (C=O) groups is 5. The molecule has 3 amide bonds. The zero-order chi connectivity index (χ0) is 28.8.